The van der Waals surface area contributed by atoms with Gasteiger partial charge in [0.05, 0.1) is 0 Å². The lowest BCUT2D eigenvalue weighted by Gasteiger charge is -2.26. The van der Waals surface area contributed by atoms with Crippen LogP contribution in [0.25, 0.3) is 0 Å². The van der Waals surface area contributed by atoms with Crippen LogP contribution in [0.15, 0.2) is 43.0 Å². The summed E-state index contributed by atoms with van der Waals surface area (Å²) in [4.78, 5) is 16.4. The summed E-state index contributed by atoms with van der Waals surface area (Å²) in [7, 11) is 0. The summed E-state index contributed by atoms with van der Waals surface area (Å²) in [6, 6.07) is 9.28. The molecular weight excluding hydrogens is 214 g/mol. The van der Waals surface area contributed by atoms with Crippen LogP contribution in [0.4, 0.5) is 0 Å². The molecule has 0 aliphatic rings. The van der Waals surface area contributed by atoms with Crippen molar-refractivity contribution >= 4 is 5.78 Å². The molecule has 17 heavy (non-hydrogen) atoms. The highest BCUT2D eigenvalue weighted by atomic mass is 16.1. The first-order valence-corrected chi connectivity index (χ1v) is 5.63. The molecule has 1 unspecified atom stereocenters. The summed E-state index contributed by atoms with van der Waals surface area (Å²) in [5.41, 5.74) is 0.0325. The van der Waals surface area contributed by atoms with Gasteiger partial charge >= 0.3 is 0 Å². The van der Waals surface area contributed by atoms with Crippen LogP contribution in [-0.4, -0.2) is 20.5 Å². The van der Waals surface area contributed by atoms with Gasteiger partial charge < -0.3 is 0 Å². The largest absolute Gasteiger partial charge is 0.291 e. The SMILES string of the molecule is CCC(C)(C(=O)c1ccccc1)n1cncn1. The fraction of sp³-hybridized carbons (Fsp3) is 0.308. The van der Waals surface area contributed by atoms with Gasteiger partial charge in [-0.3, -0.25) is 4.79 Å². The Morgan fingerprint density at radius 3 is 2.59 bits per heavy atom. The maximum absolute atomic E-state index is 12.5. The van der Waals surface area contributed by atoms with Gasteiger partial charge in [0.15, 0.2) is 5.78 Å². The van der Waals surface area contributed by atoms with Crippen molar-refractivity contribution in [2.24, 2.45) is 0 Å². The van der Waals surface area contributed by atoms with Gasteiger partial charge in [0.2, 0.25) is 0 Å². The van der Waals surface area contributed by atoms with Gasteiger partial charge in [-0.1, -0.05) is 37.3 Å². The third-order valence-electron chi connectivity index (χ3n) is 3.14. The van der Waals surface area contributed by atoms with E-state index in [1.54, 1.807) is 11.0 Å². The number of hydrogen-bond acceptors (Lipinski definition) is 3. The van der Waals surface area contributed by atoms with Crippen LogP contribution < -0.4 is 0 Å². The molecule has 0 aliphatic heterocycles. The van der Waals surface area contributed by atoms with Gasteiger partial charge in [-0.15, -0.1) is 0 Å². The molecule has 0 saturated carbocycles. The van der Waals surface area contributed by atoms with Gasteiger partial charge in [0.25, 0.3) is 0 Å². The predicted octanol–water partition coefficient (Wildman–Crippen LogP) is 2.29. The van der Waals surface area contributed by atoms with Crippen LogP contribution in [0.3, 0.4) is 0 Å². The first-order chi connectivity index (χ1) is 8.18. The lowest BCUT2D eigenvalue weighted by Crippen LogP contribution is -2.39. The van der Waals surface area contributed by atoms with Crippen molar-refractivity contribution in [2.45, 2.75) is 25.8 Å². The van der Waals surface area contributed by atoms with Crippen molar-refractivity contribution in [1.29, 1.82) is 0 Å². The number of aromatic nitrogens is 3. The Morgan fingerprint density at radius 1 is 1.35 bits per heavy atom. The molecule has 2 aromatic rings. The summed E-state index contributed by atoms with van der Waals surface area (Å²) >= 11 is 0. The first-order valence-electron chi connectivity index (χ1n) is 5.63. The van der Waals surface area contributed by atoms with Gasteiger partial charge in [-0.05, 0) is 13.3 Å². The molecule has 0 spiro atoms. The van der Waals surface area contributed by atoms with Gasteiger partial charge in [0, 0.05) is 5.56 Å². The summed E-state index contributed by atoms with van der Waals surface area (Å²) in [6.45, 7) is 3.86. The molecule has 0 fully saturated rings. The molecule has 1 aromatic carbocycles. The molecule has 1 heterocycles. The van der Waals surface area contributed by atoms with E-state index in [0.29, 0.717) is 12.0 Å². The topological polar surface area (TPSA) is 47.8 Å². The average molecular weight is 229 g/mol. The number of rotatable bonds is 4. The van der Waals surface area contributed by atoms with E-state index in [1.165, 1.54) is 6.33 Å². The molecule has 2 rings (SSSR count). The maximum atomic E-state index is 12.5. The number of nitrogens with zero attached hydrogens (tertiary/aromatic N) is 3. The second-order valence-electron chi connectivity index (χ2n) is 4.16. The summed E-state index contributed by atoms with van der Waals surface area (Å²) in [5, 5.41) is 4.09. The van der Waals surface area contributed by atoms with Crippen molar-refractivity contribution in [2.75, 3.05) is 0 Å². The minimum Gasteiger partial charge on any atom is -0.291 e. The third kappa shape index (κ3) is 1.98. The third-order valence-corrected chi connectivity index (χ3v) is 3.14. The average Bonchev–Trinajstić information content (AvgIpc) is 2.92. The highest BCUT2D eigenvalue weighted by Gasteiger charge is 2.34. The lowest BCUT2D eigenvalue weighted by atomic mass is 9.89. The fourth-order valence-electron chi connectivity index (χ4n) is 1.79. The molecule has 1 aromatic heterocycles. The van der Waals surface area contributed by atoms with Crippen LogP contribution in [0.1, 0.15) is 30.6 Å². The van der Waals surface area contributed by atoms with E-state index in [0.717, 1.165) is 0 Å². The van der Waals surface area contributed by atoms with Crippen molar-refractivity contribution in [1.82, 2.24) is 14.8 Å². The van der Waals surface area contributed by atoms with Crippen LogP contribution >= 0.6 is 0 Å². The molecule has 0 saturated heterocycles. The molecule has 1 atom stereocenters. The summed E-state index contributed by atoms with van der Waals surface area (Å²) in [5.74, 6) is 0.0612. The molecule has 0 aliphatic carbocycles. The fourth-order valence-corrected chi connectivity index (χ4v) is 1.79. The van der Waals surface area contributed by atoms with E-state index in [9.17, 15) is 4.79 Å². The van der Waals surface area contributed by atoms with E-state index in [-0.39, 0.29) is 5.78 Å². The Bertz CT molecular complexity index is 493. The van der Waals surface area contributed by atoms with Crippen LogP contribution in [-0.2, 0) is 5.54 Å². The molecule has 0 N–H and O–H groups in total. The first kappa shape index (κ1) is 11.5. The van der Waals surface area contributed by atoms with Gasteiger partial charge in [-0.2, -0.15) is 5.10 Å². The second kappa shape index (κ2) is 4.49. The Morgan fingerprint density at radius 2 is 2.06 bits per heavy atom. The minimum absolute atomic E-state index is 0.0612. The maximum Gasteiger partial charge on any atom is 0.190 e. The van der Waals surface area contributed by atoms with Crippen molar-refractivity contribution in [3.8, 4) is 0 Å². The Hall–Kier alpha value is -1.97. The number of ketones is 1. The number of benzene rings is 1. The number of hydrogen-bond donors (Lipinski definition) is 0. The van der Waals surface area contributed by atoms with E-state index < -0.39 is 5.54 Å². The highest BCUT2D eigenvalue weighted by molar-refractivity contribution is 6.01. The summed E-state index contributed by atoms with van der Waals surface area (Å²) in [6.07, 6.45) is 3.71. The zero-order valence-electron chi connectivity index (χ0n) is 10.00. The number of carbonyl (C=O) groups is 1. The van der Waals surface area contributed by atoms with Crippen LogP contribution in [0.2, 0.25) is 0 Å². The van der Waals surface area contributed by atoms with E-state index in [2.05, 4.69) is 10.1 Å². The van der Waals surface area contributed by atoms with Crippen molar-refractivity contribution < 1.29 is 4.79 Å². The van der Waals surface area contributed by atoms with Crippen molar-refractivity contribution in [3.05, 3.63) is 48.5 Å². The Labute approximate surface area is 100 Å². The van der Waals surface area contributed by atoms with Crippen LogP contribution in [0.5, 0.6) is 0 Å². The molecule has 0 amide bonds. The molecule has 0 bridgehead atoms. The predicted molar refractivity (Wildman–Crippen MR) is 64.7 cm³/mol. The standard InChI is InChI=1S/C13H15N3O/c1-3-13(2,16-10-14-9-15-16)12(17)11-7-5-4-6-8-11/h4-10H,3H2,1-2H3. The second-order valence-corrected chi connectivity index (χ2v) is 4.16. The van der Waals surface area contributed by atoms with Crippen LogP contribution in [0, 0.1) is 0 Å². The highest BCUT2D eigenvalue weighted by Crippen LogP contribution is 2.24. The Kier molecular flexibility index (Phi) is 3.04. The smallest absolute Gasteiger partial charge is 0.190 e. The molecule has 4 heteroatoms. The van der Waals surface area contributed by atoms with Gasteiger partial charge in [0.1, 0.15) is 18.2 Å². The Balaban J connectivity index is 2.40. The van der Waals surface area contributed by atoms with E-state index in [1.807, 2.05) is 44.2 Å². The zero-order chi connectivity index (χ0) is 12.3. The molecule has 4 nitrogen and oxygen atoms in total. The van der Waals surface area contributed by atoms with Crippen molar-refractivity contribution in [3.63, 3.8) is 0 Å². The normalized spacial score (nSPS) is 14.2. The lowest BCUT2D eigenvalue weighted by molar-refractivity contribution is 0.0803. The molecular formula is C13H15N3O. The van der Waals surface area contributed by atoms with E-state index >= 15 is 0 Å². The minimum atomic E-state index is -0.669. The van der Waals surface area contributed by atoms with E-state index in [4.69, 9.17) is 0 Å². The summed E-state index contributed by atoms with van der Waals surface area (Å²) < 4.78 is 1.63. The quantitative estimate of drug-likeness (QED) is 0.756. The zero-order valence-corrected chi connectivity index (χ0v) is 10.00. The number of carbonyl (C=O) groups excluding carboxylic acids is 1. The monoisotopic (exact) mass is 229 g/mol. The van der Waals surface area contributed by atoms with Gasteiger partial charge in [-0.25, -0.2) is 9.67 Å². The molecule has 88 valence electrons. The number of Topliss-reactive ketones (excluding diaryl/α,β-unsaturated/α-hetero) is 1. The molecule has 0 radical (unpaired) electrons.